The molecule has 3 amide bonds. The second kappa shape index (κ2) is 10.8. The van der Waals surface area contributed by atoms with E-state index in [4.69, 9.17) is 9.72 Å². The monoisotopic (exact) mass is 563 g/mol. The molecule has 2 fully saturated rings. The number of likely N-dealkylation sites (tertiary alicyclic amines) is 1. The number of amides is 3. The van der Waals surface area contributed by atoms with Crippen molar-refractivity contribution in [3.8, 4) is 11.3 Å². The van der Waals surface area contributed by atoms with Crippen LogP contribution in [0.2, 0.25) is 0 Å². The molecule has 41 heavy (non-hydrogen) atoms. The van der Waals surface area contributed by atoms with Gasteiger partial charge in [-0.2, -0.15) is 5.10 Å². The number of methoxy groups -OCH3 is 1. The summed E-state index contributed by atoms with van der Waals surface area (Å²) in [5.74, 6) is -1.25. The Morgan fingerprint density at radius 2 is 1.90 bits per heavy atom. The summed E-state index contributed by atoms with van der Waals surface area (Å²) < 4.78 is 21.7. The van der Waals surface area contributed by atoms with Crippen molar-refractivity contribution in [2.75, 3.05) is 25.5 Å². The minimum absolute atomic E-state index is 0.0461. The van der Waals surface area contributed by atoms with Crippen molar-refractivity contribution < 1.29 is 23.5 Å². The first kappa shape index (κ1) is 27.3. The van der Waals surface area contributed by atoms with Crippen LogP contribution in [0.5, 0.6) is 0 Å². The van der Waals surface area contributed by atoms with E-state index in [2.05, 4.69) is 25.7 Å². The fourth-order valence-electron chi connectivity index (χ4n) is 6.04. The van der Waals surface area contributed by atoms with Crippen molar-refractivity contribution in [2.45, 2.75) is 70.8 Å². The summed E-state index contributed by atoms with van der Waals surface area (Å²) in [4.78, 5) is 45.8. The number of anilines is 1. The number of hydrogen-bond acceptors (Lipinski definition) is 8. The number of fused-ring (bicyclic) bond motifs is 2. The van der Waals surface area contributed by atoms with Crippen LogP contribution in [0.15, 0.2) is 18.2 Å². The number of carbonyl (C=O) groups is 3. The lowest BCUT2D eigenvalue weighted by Gasteiger charge is -2.31. The number of carbonyl (C=O) groups excluding carboxylic acids is 3. The molecule has 6 rings (SSSR count). The minimum atomic E-state index is -0.811. The topological polar surface area (TPSA) is 133 Å². The quantitative estimate of drug-likeness (QED) is 0.374. The Morgan fingerprint density at radius 1 is 1.15 bits per heavy atom. The van der Waals surface area contributed by atoms with E-state index in [1.54, 1.807) is 19.2 Å². The summed E-state index contributed by atoms with van der Waals surface area (Å²) >= 11 is 0. The van der Waals surface area contributed by atoms with E-state index in [9.17, 15) is 14.4 Å². The summed E-state index contributed by atoms with van der Waals surface area (Å²) in [6, 6.07) is 4.38. The van der Waals surface area contributed by atoms with Crippen LogP contribution in [0, 0.1) is 5.82 Å². The Labute approximate surface area is 236 Å². The molecule has 5 heterocycles. The van der Waals surface area contributed by atoms with Gasteiger partial charge in [-0.05, 0) is 56.9 Å². The molecule has 1 atom stereocenters. The Bertz CT molecular complexity index is 1530. The predicted molar refractivity (Wildman–Crippen MR) is 149 cm³/mol. The van der Waals surface area contributed by atoms with Crippen LogP contribution in [0.4, 0.5) is 10.2 Å². The molecule has 3 N–H and O–H groups in total. The number of aromatic nitrogens is 3. The number of imide groups is 1. The van der Waals surface area contributed by atoms with Crippen molar-refractivity contribution in [1.82, 2.24) is 30.3 Å². The molecule has 1 unspecified atom stereocenters. The molecule has 1 aromatic carbocycles. The molecule has 216 valence electrons. The summed E-state index contributed by atoms with van der Waals surface area (Å²) in [5.41, 5.74) is 3.55. The van der Waals surface area contributed by atoms with Crippen LogP contribution in [0.1, 0.15) is 61.0 Å². The highest BCUT2D eigenvalue weighted by atomic mass is 19.1. The third-order valence-electron chi connectivity index (χ3n) is 8.22. The molecule has 12 heteroatoms. The molecule has 0 radical (unpaired) electrons. The van der Waals surface area contributed by atoms with Crippen LogP contribution in [0.25, 0.3) is 22.3 Å². The van der Waals surface area contributed by atoms with E-state index in [1.807, 2.05) is 19.9 Å². The summed E-state index contributed by atoms with van der Waals surface area (Å²) in [5, 5.41) is 13.2. The van der Waals surface area contributed by atoms with E-state index in [0.717, 1.165) is 37.0 Å². The normalized spacial score (nSPS) is 20.3. The molecule has 0 aliphatic carbocycles. The van der Waals surface area contributed by atoms with Crippen LogP contribution >= 0.6 is 0 Å². The average molecular weight is 564 g/mol. The number of rotatable bonds is 7. The van der Waals surface area contributed by atoms with Gasteiger partial charge in [0.25, 0.3) is 5.91 Å². The molecule has 11 nitrogen and oxygen atoms in total. The van der Waals surface area contributed by atoms with Gasteiger partial charge in [-0.3, -0.25) is 29.7 Å². The van der Waals surface area contributed by atoms with Crippen molar-refractivity contribution in [3.05, 3.63) is 40.7 Å². The van der Waals surface area contributed by atoms with Crippen LogP contribution in [-0.4, -0.2) is 81.1 Å². The smallest absolute Gasteiger partial charge is 0.255 e. The zero-order valence-corrected chi connectivity index (χ0v) is 23.4. The van der Waals surface area contributed by atoms with E-state index >= 15 is 4.39 Å². The fraction of sp³-hybridized carbons (Fsp3) is 0.483. The SMILES string of the molecule is COC1CCN(Cc2cc(-c3ccc4c(c3F)CN(C3CCC(=O)NC3=O)C4=O)nc3c(NC(C)C)n[nH]c23)CC1. The lowest BCUT2D eigenvalue weighted by molar-refractivity contribution is -0.136. The van der Waals surface area contributed by atoms with Gasteiger partial charge in [0.1, 0.15) is 17.4 Å². The number of H-pyrrole nitrogens is 1. The Hall–Kier alpha value is -3.90. The fourth-order valence-corrected chi connectivity index (χ4v) is 6.04. The Balaban J connectivity index is 1.36. The maximum atomic E-state index is 16.2. The summed E-state index contributed by atoms with van der Waals surface area (Å²) in [6.07, 6.45) is 2.50. The largest absolute Gasteiger partial charge is 0.381 e. The zero-order valence-electron chi connectivity index (χ0n) is 23.4. The second-order valence-corrected chi connectivity index (χ2v) is 11.3. The lowest BCUT2D eigenvalue weighted by Crippen LogP contribution is -2.52. The number of hydrogen-bond donors (Lipinski definition) is 3. The first-order valence-electron chi connectivity index (χ1n) is 14.1. The zero-order chi connectivity index (χ0) is 28.8. The summed E-state index contributed by atoms with van der Waals surface area (Å²) in [6.45, 7) is 6.38. The molecule has 0 bridgehead atoms. The highest BCUT2D eigenvalue weighted by molar-refractivity contribution is 6.05. The highest BCUT2D eigenvalue weighted by Gasteiger charge is 2.40. The molecule has 0 saturated carbocycles. The third kappa shape index (κ3) is 5.06. The van der Waals surface area contributed by atoms with Gasteiger partial charge in [0.15, 0.2) is 5.82 Å². The number of pyridine rings is 1. The highest BCUT2D eigenvalue weighted by Crippen LogP contribution is 2.36. The molecule has 3 aromatic rings. The summed E-state index contributed by atoms with van der Waals surface area (Å²) in [7, 11) is 1.75. The maximum Gasteiger partial charge on any atom is 0.255 e. The van der Waals surface area contributed by atoms with E-state index in [1.165, 1.54) is 4.90 Å². The van der Waals surface area contributed by atoms with Crippen molar-refractivity contribution in [3.63, 3.8) is 0 Å². The molecule has 0 spiro atoms. The number of ether oxygens (including phenoxy) is 1. The molecule has 3 aliphatic rings. The van der Waals surface area contributed by atoms with Crippen LogP contribution in [0.3, 0.4) is 0 Å². The van der Waals surface area contributed by atoms with E-state index < -0.39 is 23.7 Å². The van der Waals surface area contributed by atoms with Gasteiger partial charge in [0.05, 0.1) is 23.9 Å². The van der Waals surface area contributed by atoms with Gasteiger partial charge in [0.2, 0.25) is 11.8 Å². The van der Waals surface area contributed by atoms with Gasteiger partial charge in [0, 0.05) is 55.9 Å². The van der Waals surface area contributed by atoms with Crippen molar-refractivity contribution >= 4 is 34.6 Å². The lowest BCUT2D eigenvalue weighted by atomic mass is 10.0. The van der Waals surface area contributed by atoms with Gasteiger partial charge in [-0.1, -0.05) is 0 Å². The number of benzene rings is 1. The van der Waals surface area contributed by atoms with Crippen molar-refractivity contribution in [1.29, 1.82) is 0 Å². The second-order valence-electron chi connectivity index (χ2n) is 11.3. The standard InChI is InChI=1S/C29H34FN7O4/c1-15(2)31-27-26-25(34-35-27)16(13-36-10-8-17(41-3)9-11-36)12-21(32-26)19-5-4-18-20(24(19)30)14-37(29(18)40)22-6-7-23(38)33-28(22)39/h4-5,12,15,17,22H,6-11,13-14H2,1-3H3,(H2,31,34,35)(H,33,38,39). The number of piperidine rings is 2. The Kier molecular flexibility index (Phi) is 7.20. The molecular weight excluding hydrogens is 529 g/mol. The average Bonchev–Trinajstić information content (AvgIpc) is 3.50. The predicted octanol–water partition coefficient (Wildman–Crippen LogP) is 2.96. The minimum Gasteiger partial charge on any atom is -0.381 e. The van der Waals surface area contributed by atoms with Crippen molar-refractivity contribution in [2.24, 2.45) is 0 Å². The molecular formula is C29H34FN7O4. The van der Waals surface area contributed by atoms with Crippen LogP contribution in [-0.2, 0) is 27.4 Å². The first-order chi connectivity index (χ1) is 19.7. The number of nitrogens with zero attached hydrogens (tertiary/aromatic N) is 4. The molecule has 2 saturated heterocycles. The molecule has 2 aromatic heterocycles. The molecule has 3 aliphatic heterocycles. The first-order valence-corrected chi connectivity index (χ1v) is 14.1. The number of aromatic amines is 1. The van der Waals surface area contributed by atoms with Gasteiger partial charge in [-0.25, -0.2) is 9.37 Å². The Morgan fingerprint density at radius 3 is 2.61 bits per heavy atom. The van der Waals surface area contributed by atoms with Crippen LogP contribution < -0.4 is 10.6 Å². The number of halogens is 1. The van der Waals surface area contributed by atoms with Gasteiger partial charge in [-0.15, -0.1) is 0 Å². The maximum absolute atomic E-state index is 16.2. The van der Waals surface area contributed by atoms with E-state index in [0.29, 0.717) is 23.6 Å². The third-order valence-corrected chi connectivity index (χ3v) is 8.22. The van der Waals surface area contributed by atoms with E-state index in [-0.39, 0.29) is 54.1 Å². The number of nitrogens with one attached hydrogen (secondary N) is 3. The van der Waals surface area contributed by atoms with Gasteiger partial charge < -0.3 is 15.0 Å². The van der Waals surface area contributed by atoms with Gasteiger partial charge >= 0.3 is 0 Å².